The van der Waals surface area contributed by atoms with Crippen molar-refractivity contribution in [2.45, 2.75) is 25.6 Å². The summed E-state index contributed by atoms with van der Waals surface area (Å²) < 4.78 is 48.9. The lowest BCUT2D eigenvalue weighted by Crippen LogP contribution is -2.41. The number of alkyl halides is 3. The Bertz CT molecular complexity index is 1610. The lowest BCUT2D eigenvalue weighted by Gasteiger charge is -2.32. The summed E-state index contributed by atoms with van der Waals surface area (Å²) in [6.07, 6.45) is -1.10. The van der Waals surface area contributed by atoms with E-state index in [0.29, 0.717) is 17.7 Å². The second-order valence-corrected chi connectivity index (χ2v) is 8.41. The Morgan fingerprint density at radius 3 is 2.83 bits per heavy atom. The molecule has 11 nitrogen and oxygen atoms in total. The van der Waals surface area contributed by atoms with Crippen LogP contribution in [-0.2, 0) is 19.6 Å². The SMILES string of the molecule is Cc1c(-c2nnc(C(=O)N3CCc4[nH]cnc4C3c3cc4cccc(C(F)(F)F)n4n3)o2)cnn1C. The van der Waals surface area contributed by atoms with Gasteiger partial charge in [-0.3, -0.25) is 9.48 Å². The molecule has 184 valence electrons. The molecule has 5 aromatic rings. The minimum absolute atomic E-state index is 0.139. The molecule has 0 saturated carbocycles. The zero-order chi connectivity index (χ0) is 25.2. The monoisotopic (exact) mass is 497 g/mol. The molecule has 0 radical (unpaired) electrons. The van der Waals surface area contributed by atoms with Gasteiger partial charge >= 0.3 is 18.0 Å². The van der Waals surface area contributed by atoms with Gasteiger partial charge in [-0.05, 0) is 25.1 Å². The first-order valence-electron chi connectivity index (χ1n) is 10.9. The molecule has 1 atom stereocenters. The average Bonchev–Trinajstić information content (AvgIpc) is 3.64. The summed E-state index contributed by atoms with van der Waals surface area (Å²) in [6.45, 7) is 2.06. The third-order valence-electron chi connectivity index (χ3n) is 6.34. The Balaban J connectivity index is 1.42. The van der Waals surface area contributed by atoms with E-state index in [1.165, 1.54) is 29.4 Å². The maximum Gasteiger partial charge on any atom is 0.433 e. The van der Waals surface area contributed by atoms with Crippen LogP contribution in [0.5, 0.6) is 0 Å². The van der Waals surface area contributed by atoms with E-state index in [1.807, 2.05) is 6.92 Å². The molecule has 6 heterocycles. The van der Waals surface area contributed by atoms with E-state index in [4.69, 9.17) is 4.42 Å². The molecule has 36 heavy (non-hydrogen) atoms. The van der Waals surface area contributed by atoms with Crippen molar-refractivity contribution in [3.05, 3.63) is 71.1 Å². The molecule has 0 aliphatic carbocycles. The maximum absolute atomic E-state index is 13.6. The van der Waals surface area contributed by atoms with Crippen molar-refractivity contribution in [1.82, 2.24) is 44.5 Å². The second kappa shape index (κ2) is 7.76. The summed E-state index contributed by atoms with van der Waals surface area (Å²) in [5, 5.41) is 16.3. The molecule has 0 spiro atoms. The van der Waals surface area contributed by atoms with E-state index < -0.39 is 23.8 Å². The summed E-state index contributed by atoms with van der Waals surface area (Å²) in [5.41, 5.74) is 2.19. The predicted octanol–water partition coefficient (Wildman–Crippen LogP) is 2.96. The zero-order valence-corrected chi connectivity index (χ0v) is 19.0. The third kappa shape index (κ3) is 3.36. The second-order valence-electron chi connectivity index (χ2n) is 8.41. The number of aryl methyl sites for hydroxylation is 1. The van der Waals surface area contributed by atoms with Crippen molar-refractivity contribution in [3.63, 3.8) is 0 Å². The smallest absolute Gasteiger partial charge is 0.412 e. The highest BCUT2D eigenvalue weighted by Gasteiger charge is 2.39. The van der Waals surface area contributed by atoms with Crippen LogP contribution in [0.15, 0.2) is 41.2 Å². The number of rotatable bonds is 3. The Kier molecular flexibility index (Phi) is 4.74. The van der Waals surface area contributed by atoms with Gasteiger partial charge in [0, 0.05) is 31.4 Å². The van der Waals surface area contributed by atoms with Crippen LogP contribution in [-0.4, -0.2) is 56.9 Å². The molecule has 0 bridgehead atoms. The van der Waals surface area contributed by atoms with Crippen molar-refractivity contribution in [1.29, 1.82) is 0 Å². The van der Waals surface area contributed by atoms with E-state index >= 15 is 0 Å². The van der Waals surface area contributed by atoms with Crippen molar-refractivity contribution in [3.8, 4) is 11.5 Å². The number of aromatic amines is 1. The molecule has 1 aliphatic heterocycles. The summed E-state index contributed by atoms with van der Waals surface area (Å²) in [4.78, 5) is 22.4. The Labute approximate surface area is 200 Å². The number of nitrogens with one attached hydrogen (secondary N) is 1. The molecule has 1 amide bonds. The van der Waals surface area contributed by atoms with E-state index in [0.717, 1.165) is 22.0 Å². The van der Waals surface area contributed by atoms with Gasteiger partial charge in [0.05, 0.1) is 35.0 Å². The summed E-state index contributed by atoms with van der Waals surface area (Å²) in [5.74, 6) is -0.695. The molecular weight excluding hydrogens is 479 g/mol. The molecule has 0 saturated heterocycles. The Morgan fingerprint density at radius 2 is 2.08 bits per heavy atom. The van der Waals surface area contributed by atoms with Gasteiger partial charge in [-0.15, -0.1) is 10.2 Å². The van der Waals surface area contributed by atoms with E-state index in [2.05, 4.69) is 30.4 Å². The summed E-state index contributed by atoms with van der Waals surface area (Å²) in [6, 6.07) is 4.44. The predicted molar refractivity (Wildman–Crippen MR) is 117 cm³/mol. The summed E-state index contributed by atoms with van der Waals surface area (Å²) in [7, 11) is 1.76. The number of fused-ring (bicyclic) bond motifs is 2. The fraction of sp³-hybridized carbons (Fsp3) is 0.273. The molecule has 0 aromatic carbocycles. The van der Waals surface area contributed by atoms with Crippen LogP contribution >= 0.6 is 0 Å². The fourth-order valence-corrected chi connectivity index (χ4v) is 4.43. The molecule has 1 unspecified atom stereocenters. The van der Waals surface area contributed by atoms with Gasteiger partial charge in [-0.25, -0.2) is 9.50 Å². The number of aromatic nitrogens is 8. The zero-order valence-electron chi connectivity index (χ0n) is 19.0. The number of pyridine rings is 1. The minimum Gasteiger partial charge on any atom is -0.412 e. The van der Waals surface area contributed by atoms with Crippen molar-refractivity contribution < 1.29 is 22.4 Å². The first kappa shape index (κ1) is 22.0. The average molecular weight is 497 g/mol. The van der Waals surface area contributed by atoms with Gasteiger partial charge in [0.15, 0.2) is 0 Å². The number of carbonyl (C=O) groups is 1. The van der Waals surface area contributed by atoms with Crippen molar-refractivity contribution in [2.24, 2.45) is 7.05 Å². The van der Waals surface area contributed by atoms with Crippen LogP contribution in [0.25, 0.3) is 17.0 Å². The lowest BCUT2D eigenvalue weighted by molar-refractivity contribution is -0.142. The van der Waals surface area contributed by atoms with Crippen LogP contribution in [0.1, 0.15) is 45.2 Å². The number of carbonyl (C=O) groups excluding carboxylic acids is 1. The van der Waals surface area contributed by atoms with Crippen LogP contribution in [0.3, 0.4) is 0 Å². The van der Waals surface area contributed by atoms with Gasteiger partial charge in [-0.2, -0.15) is 23.4 Å². The van der Waals surface area contributed by atoms with Crippen LogP contribution < -0.4 is 0 Å². The van der Waals surface area contributed by atoms with Gasteiger partial charge < -0.3 is 14.3 Å². The minimum atomic E-state index is -4.60. The normalized spacial score (nSPS) is 16.0. The van der Waals surface area contributed by atoms with Gasteiger partial charge in [0.25, 0.3) is 5.89 Å². The topological polar surface area (TPSA) is 123 Å². The quantitative estimate of drug-likeness (QED) is 0.407. The highest BCUT2D eigenvalue weighted by Crippen LogP contribution is 2.36. The molecule has 1 N–H and O–H groups in total. The molecule has 6 rings (SSSR count). The number of halogens is 3. The Morgan fingerprint density at radius 1 is 1.25 bits per heavy atom. The highest BCUT2D eigenvalue weighted by atomic mass is 19.4. The molecule has 5 aromatic heterocycles. The molecule has 1 aliphatic rings. The van der Waals surface area contributed by atoms with E-state index in [1.54, 1.807) is 17.9 Å². The highest BCUT2D eigenvalue weighted by molar-refractivity contribution is 5.90. The first-order valence-corrected chi connectivity index (χ1v) is 10.9. The third-order valence-corrected chi connectivity index (χ3v) is 6.34. The number of imidazole rings is 1. The fourth-order valence-electron chi connectivity index (χ4n) is 4.43. The molecule has 14 heteroatoms. The van der Waals surface area contributed by atoms with Crippen LogP contribution in [0.4, 0.5) is 13.2 Å². The standard InChI is InChI=1S/C22H18F3N9O2/c1-11-13(9-28-32(11)2)19-29-30-20(36-19)21(35)33-7-6-14-17(27-10-26-14)18(33)15-8-12-4-3-5-16(22(23,24)25)34(12)31-15/h3-5,8-10,18H,6-7H2,1-2H3,(H,26,27). The number of hydrogen-bond donors (Lipinski definition) is 1. The van der Waals surface area contributed by atoms with E-state index in [9.17, 15) is 18.0 Å². The van der Waals surface area contributed by atoms with Crippen LogP contribution in [0.2, 0.25) is 0 Å². The number of nitrogens with zero attached hydrogens (tertiary/aromatic N) is 8. The first-order chi connectivity index (χ1) is 17.2. The van der Waals surface area contributed by atoms with E-state index in [-0.39, 0.29) is 29.5 Å². The van der Waals surface area contributed by atoms with Gasteiger partial charge in [-0.1, -0.05) is 6.07 Å². The van der Waals surface area contributed by atoms with Gasteiger partial charge in [0.1, 0.15) is 11.7 Å². The number of H-pyrrole nitrogens is 1. The lowest BCUT2D eigenvalue weighted by atomic mass is 9.99. The molecule has 0 fully saturated rings. The van der Waals surface area contributed by atoms with Crippen molar-refractivity contribution in [2.75, 3.05) is 6.54 Å². The number of amides is 1. The summed E-state index contributed by atoms with van der Waals surface area (Å²) >= 11 is 0. The molecular formula is C22H18F3N9O2. The van der Waals surface area contributed by atoms with Crippen LogP contribution in [0, 0.1) is 6.92 Å². The maximum atomic E-state index is 13.6. The Hall–Kier alpha value is -4.49. The number of hydrogen-bond acceptors (Lipinski definition) is 7. The van der Waals surface area contributed by atoms with Crippen molar-refractivity contribution >= 4 is 11.4 Å². The largest absolute Gasteiger partial charge is 0.433 e. The van der Waals surface area contributed by atoms with Gasteiger partial charge in [0.2, 0.25) is 0 Å².